The predicted molar refractivity (Wildman–Crippen MR) is 60.4 cm³/mol. The second-order valence-corrected chi connectivity index (χ2v) is 3.50. The molecule has 0 heterocycles. The molecule has 0 radical (unpaired) electrons. The highest BCUT2D eigenvalue weighted by atomic mass is 35.5. The van der Waals surface area contributed by atoms with Gasteiger partial charge in [-0.3, -0.25) is 14.9 Å². The van der Waals surface area contributed by atoms with E-state index in [0.717, 1.165) is 0 Å². The average Bonchev–Trinajstić information content (AvgIpc) is 2.19. The summed E-state index contributed by atoms with van der Waals surface area (Å²) < 4.78 is 0. The van der Waals surface area contributed by atoms with Gasteiger partial charge in [-0.1, -0.05) is 11.6 Å². The molecule has 0 aliphatic heterocycles. The molecule has 86 valence electrons. The molecule has 0 bridgehead atoms. The monoisotopic (exact) mass is 243 g/mol. The summed E-state index contributed by atoms with van der Waals surface area (Å²) in [4.78, 5) is 20.6. The highest BCUT2D eigenvalue weighted by Gasteiger charge is 2.13. The lowest BCUT2D eigenvalue weighted by atomic mass is 10.2. The van der Waals surface area contributed by atoms with Crippen LogP contribution in [0.4, 0.5) is 11.4 Å². The van der Waals surface area contributed by atoms with Crippen molar-refractivity contribution < 1.29 is 9.72 Å². The number of hydrogen-bond acceptors (Lipinski definition) is 4. The summed E-state index contributed by atoms with van der Waals surface area (Å²) in [6.45, 7) is 0.248. The molecule has 0 fully saturated rings. The second kappa shape index (κ2) is 5.32. The summed E-state index contributed by atoms with van der Waals surface area (Å²) >= 11 is 5.64. The Morgan fingerprint density at radius 1 is 1.56 bits per heavy atom. The van der Waals surface area contributed by atoms with E-state index in [2.05, 4.69) is 5.32 Å². The SMILES string of the molecule is NC(=O)CCNc1ccc(Cl)cc1[N+](=O)[O-]. The third-order valence-corrected chi connectivity index (χ3v) is 2.08. The molecule has 16 heavy (non-hydrogen) atoms. The molecule has 0 aliphatic carbocycles. The Labute approximate surface area is 96.5 Å². The Balaban J connectivity index is 2.78. The summed E-state index contributed by atoms with van der Waals surface area (Å²) in [6, 6.07) is 4.26. The normalized spacial score (nSPS) is 9.81. The minimum atomic E-state index is -0.543. The third-order valence-electron chi connectivity index (χ3n) is 1.84. The van der Waals surface area contributed by atoms with Crippen molar-refractivity contribution in [2.75, 3.05) is 11.9 Å². The number of hydrogen-bond donors (Lipinski definition) is 2. The molecule has 0 aliphatic rings. The fraction of sp³-hybridized carbons (Fsp3) is 0.222. The lowest BCUT2D eigenvalue weighted by molar-refractivity contribution is -0.383. The van der Waals surface area contributed by atoms with E-state index in [9.17, 15) is 14.9 Å². The topological polar surface area (TPSA) is 98.3 Å². The number of primary amides is 1. The zero-order chi connectivity index (χ0) is 12.1. The molecule has 0 aromatic heterocycles. The maximum atomic E-state index is 10.7. The molecular weight excluding hydrogens is 234 g/mol. The van der Waals surface area contributed by atoms with Crippen LogP contribution in [0.5, 0.6) is 0 Å². The standard InChI is InChI=1S/C9H10ClN3O3/c10-6-1-2-7(8(5-6)13(15)16)12-4-3-9(11)14/h1-2,5,12H,3-4H2,(H2,11,14). The quantitative estimate of drug-likeness (QED) is 0.605. The number of nitrogens with zero attached hydrogens (tertiary/aromatic N) is 1. The van der Waals surface area contributed by atoms with Crippen molar-refractivity contribution in [1.82, 2.24) is 0 Å². The predicted octanol–water partition coefficient (Wildman–Crippen LogP) is 1.54. The van der Waals surface area contributed by atoms with Gasteiger partial charge in [-0.15, -0.1) is 0 Å². The molecule has 1 amide bonds. The number of nitrogens with one attached hydrogen (secondary N) is 1. The van der Waals surface area contributed by atoms with Crippen molar-refractivity contribution in [3.8, 4) is 0 Å². The Morgan fingerprint density at radius 3 is 2.81 bits per heavy atom. The van der Waals surface area contributed by atoms with Crippen molar-refractivity contribution in [3.63, 3.8) is 0 Å². The second-order valence-electron chi connectivity index (χ2n) is 3.06. The van der Waals surface area contributed by atoms with Crippen molar-refractivity contribution in [2.24, 2.45) is 5.73 Å². The number of nitrogens with two attached hydrogens (primary N) is 1. The van der Waals surface area contributed by atoms with Crippen LogP contribution >= 0.6 is 11.6 Å². The van der Waals surface area contributed by atoms with E-state index in [1.165, 1.54) is 18.2 Å². The number of carbonyl (C=O) groups excluding carboxylic acids is 1. The highest BCUT2D eigenvalue weighted by Crippen LogP contribution is 2.27. The molecule has 1 aromatic carbocycles. The van der Waals surface area contributed by atoms with Crippen LogP contribution in [0.15, 0.2) is 18.2 Å². The molecule has 1 aromatic rings. The van der Waals surface area contributed by atoms with Gasteiger partial charge in [0.1, 0.15) is 5.69 Å². The number of carbonyl (C=O) groups is 1. The number of rotatable bonds is 5. The van der Waals surface area contributed by atoms with E-state index in [0.29, 0.717) is 5.69 Å². The van der Waals surface area contributed by atoms with E-state index in [1.807, 2.05) is 0 Å². The third kappa shape index (κ3) is 3.39. The molecule has 0 saturated heterocycles. The van der Waals surface area contributed by atoms with Gasteiger partial charge in [-0.25, -0.2) is 0 Å². The maximum absolute atomic E-state index is 10.7. The summed E-state index contributed by atoms with van der Waals surface area (Å²) in [6.07, 6.45) is 0.111. The summed E-state index contributed by atoms with van der Waals surface area (Å²) in [5.41, 5.74) is 5.13. The fourth-order valence-electron chi connectivity index (χ4n) is 1.13. The maximum Gasteiger partial charge on any atom is 0.293 e. The van der Waals surface area contributed by atoms with Crippen LogP contribution in [-0.4, -0.2) is 17.4 Å². The molecule has 7 heteroatoms. The van der Waals surface area contributed by atoms with Gasteiger partial charge in [-0.05, 0) is 12.1 Å². The zero-order valence-electron chi connectivity index (χ0n) is 8.27. The van der Waals surface area contributed by atoms with E-state index >= 15 is 0 Å². The van der Waals surface area contributed by atoms with Gasteiger partial charge in [0.2, 0.25) is 5.91 Å². The minimum Gasteiger partial charge on any atom is -0.379 e. The van der Waals surface area contributed by atoms with E-state index in [4.69, 9.17) is 17.3 Å². The van der Waals surface area contributed by atoms with Gasteiger partial charge in [-0.2, -0.15) is 0 Å². The lowest BCUT2D eigenvalue weighted by Gasteiger charge is -2.05. The number of halogens is 1. The Hall–Kier alpha value is -1.82. The summed E-state index contributed by atoms with van der Waals surface area (Å²) in [5.74, 6) is -0.468. The first-order valence-electron chi connectivity index (χ1n) is 4.47. The number of anilines is 1. The Bertz CT molecular complexity index is 422. The minimum absolute atomic E-state index is 0.111. The molecule has 0 saturated carbocycles. The number of amides is 1. The van der Waals surface area contributed by atoms with Gasteiger partial charge in [0, 0.05) is 24.1 Å². The zero-order valence-corrected chi connectivity index (χ0v) is 9.03. The average molecular weight is 244 g/mol. The van der Waals surface area contributed by atoms with Gasteiger partial charge >= 0.3 is 0 Å². The number of benzene rings is 1. The fourth-order valence-corrected chi connectivity index (χ4v) is 1.29. The summed E-state index contributed by atoms with van der Waals surface area (Å²) in [7, 11) is 0. The van der Waals surface area contributed by atoms with Crippen LogP contribution in [0.1, 0.15) is 6.42 Å². The highest BCUT2D eigenvalue weighted by molar-refractivity contribution is 6.30. The molecule has 0 unspecified atom stereocenters. The Kier molecular flexibility index (Phi) is 4.07. The summed E-state index contributed by atoms with van der Waals surface area (Å²) in [5, 5.41) is 13.7. The van der Waals surface area contributed by atoms with E-state index in [-0.39, 0.29) is 23.7 Å². The first-order valence-corrected chi connectivity index (χ1v) is 4.84. The first kappa shape index (κ1) is 12.3. The molecular formula is C9H10ClN3O3. The molecule has 3 N–H and O–H groups in total. The van der Waals surface area contributed by atoms with Crippen LogP contribution in [0.2, 0.25) is 5.02 Å². The van der Waals surface area contributed by atoms with Gasteiger partial charge in [0.15, 0.2) is 0 Å². The van der Waals surface area contributed by atoms with Gasteiger partial charge in [0.05, 0.1) is 4.92 Å². The molecule has 6 nitrogen and oxygen atoms in total. The van der Waals surface area contributed by atoms with Crippen molar-refractivity contribution >= 4 is 28.9 Å². The van der Waals surface area contributed by atoms with Crippen molar-refractivity contribution in [3.05, 3.63) is 33.3 Å². The van der Waals surface area contributed by atoms with Crippen molar-refractivity contribution in [1.29, 1.82) is 0 Å². The van der Waals surface area contributed by atoms with Gasteiger partial charge < -0.3 is 11.1 Å². The van der Waals surface area contributed by atoms with Crippen LogP contribution in [-0.2, 0) is 4.79 Å². The van der Waals surface area contributed by atoms with Crippen LogP contribution in [0, 0.1) is 10.1 Å². The molecule has 1 rings (SSSR count). The van der Waals surface area contributed by atoms with E-state index < -0.39 is 10.8 Å². The number of nitro benzene ring substituents is 1. The van der Waals surface area contributed by atoms with Crippen LogP contribution in [0.25, 0.3) is 0 Å². The first-order chi connectivity index (χ1) is 7.50. The molecule has 0 atom stereocenters. The largest absolute Gasteiger partial charge is 0.379 e. The Morgan fingerprint density at radius 2 is 2.25 bits per heavy atom. The lowest BCUT2D eigenvalue weighted by Crippen LogP contribution is -2.16. The number of nitro groups is 1. The van der Waals surface area contributed by atoms with Gasteiger partial charge in [0.25, 0.3) is 5.69 Å². The smallest absolute Gasteiger partial charge is 0.293 e. The van der Waals surface area contributed by atoms with Crippen LogP contribution in [0.3, 0.4) is 0 Å². The molecule has 0 spiro atoms. The van der Waals surface area contributed by atoms with E-state index in [1.54, 1.807) is 0 Å². The van der Waals surface area contributed by atoms with Crippen LogP contribution < -0.4 is 11.1 Å². The van der Waals surface area contributed by atoms with Crippen molar-refractivity contribution in [2.45, 2.75) is 6.42 Å².